The Morgan fingerprint density at radius 1 is 1.92 bits per heavy atom. The molecule has 3 N–H and O–H groups in total. The molecular weight excluding hydrogens is 194 g/mol. The zero-order valence-electron chi connectivity index (χ0n) is 6.52. The molecule has 0 unspecified atom stereocenters. The number of hydrogen-bond acceptors (Lipinski definition) is 5. The molecule has 0 aliphatic heterocycles. The third-order valence-corrected chi connectivity index (χ3v) is 3.11. The molecule has 1 aromatic rings. The molecule has 0 aromatic carbocycles. The van der Waals surface area contributed by atoms with Crippen molar-refractivity contribution < 1.29 is 5.21 Å². The summed E-state index contributed by atoms with van der Waals surface area (Å²) < 4.78 is 0.996. The van der Waals surface area contributed by atoms with Crippen LogP contribution in [0.5, 0.6) is 0 Å². The summed E-state index contributed by atoms with van der Waals surface area (Å²) in [5.74, 6) is 0.188. The summed E-state index contributed by atoms with van der Waals surface area (Å²) in [6.07, 6.45) is 2.37. The number of amidine groups is 1. The van der Waals surface area contributed by atoms with Crippen molar-refractivity contribution >= 4 is 28.9 Å². The van der Waals surface area contributed by atoms with Gasteiger partial charge in [0, 0.05) is 5.38 Å². The number of nitrogens with zero attached hydrogens (tertiary/aromatic N) is 2. The molecule has 0 aliphatic rings. The van der Waals surface area contributed by atoms with Gasteiger partial charge in [0.2, 0.25) is 0 Å². The van der Waals surface area contributed by atoms with E-state index in [9.17, 15) is 0 Å². The minimum atomic E-state index is 0.188. The fraction of sp³-hybridized carbons (Fsp3) is 0.333. The summed E-state index contributed by atoms with van der Waals surface area (Å²) in [4.78, 5) is 4.23. The van der Waals surface area contributed by atoms with Crippen molar-refractivity contribution in [3.05, 3.63) is 11.1 Å². The first kappa shape index (κ1) is 9.34. The highest BCUT2D eigenvalue weighted by Crippen LogP contribution is 2.19. The van der Waals surface area contributed by atoms with E-state index >= 15 is 0 Å². The minimum Gasteiger partial charge on any atom is -0.409 e. The summed E-state index contributed by atoms with van der Waals surface area (Å²) in [5.41, 5.74) is 6.16. The number of hydrogen-bond donors (Lipinski definition) is 2. The van der Waals surface area contributed by atoms with Gasteiger partial charge >= 0.3 is 0 Å². The van der Waals surface area contributed by atoms with Crippen molar-refractivity contribution in [1.29, 1.82) is 0 Å². The molecule has 0 fully saturated rings. The summed E-state index contributed by atoms with van der Waals surface area (Å²) in [6.45, 7) is 0. The Bertz CT molecular complexity index is 284. The van der Waals surface area contributed by atoms with Gasteiger partial charge in [-0.25, -0.2) is 4.98 Å². The number of thiazole rings is 1. The highest BCUT2D eigenvalue weighted by molar-refractivity contribution is 8.00. The van der Waals surface area contributed by atoms with Crippen molar-refractivity contribution in [1.82, 2.24) is 4.98 Å². The van der Waals surface area contributed by atoms with Crippen LogP contribution in [0, 0.1) is 0 Å². The molecule has 0 amide bonds. The van der Waals surface area contributed by atoms with Gasteiger partial charge in [0.25, 0.3) is 0 Å². The van der Waals surface area contributed by atoms with E-state index in [1.165, 1.54) is 0 Å². The first-order valence-corrected chi connectivity index (χ1v) is 5.31. The minimum absolute atomic E-state index is 0.188. The van der Waals surface area contributed by atoms with Crippen LogP contribution in [0.15, 0.2) is 14.9 Å². The molecular formula is C6H9N3OS2. The molecule has 0 saturated heterocycles. The second kappa shape index (κ2) is 4.32. The third kappa shape index (κ3) is 2.38. The van der Waals surface area contributed by atoms with Crippen LogP contribution in [0.4, 0.5) is 0 Å². The zero-order valence-corrected chi connectivity index (χ0v) is 8.15. The predicted molar refractivity (Wildman–Crippen MR) is 51.0 cm³/mol. The van der Waals surface area contributed by atoms with Gasteiger partial charge in [-0.1, -0.05) is 16.9 Å². The van der Waals surface area contributed by atoms with Gasteiger partial charge in [-0.15, -0.1) is 11.3 Å². The molecule has 0 radical (unpaired) electrons. The summed E-state index contributed by atoms with van der Waals surface area (Å²) in [6, 6.07) is 0. The standard InChI is InChI=1S/C6H9N3OS2/c1-11-6-8-4(3-12-6)2-5(7)9-10/h3,10H,2H2,1H3,(H2,7,9). The smallest absolute Gasteiger partial charge is 0.149 e. The predicted octanol–water partition coefficient (Wildman–Crippen LogP) is 1.15. The number of thioether (sulfide) groups is 1. The second-order valence-corrected chi connectivity index (χ2v) is 3.99. The molecule has 0 bridgehead atoms. The van der Waals surface area contributed by atoms with Crippen molar-refractivity contribution in [3.63, 3.8) is 0 Å². The van der Waals surface area contributed by atoms with E-state index in [0.717, 1.165) is 10.0 Å². The van der Waals surface area contributed by atoms with Gasteiger partial charge in [0.1, 0.15) is 10.2 Å². The van der Waals surface area contributed by atoms with Crippen molar-refractivity contribution in [2.75, 3.05) is 6.26 Å². The Kier molecular flexibility index (Phi) is 3.36. The molecule has 0 aliphatic carbocycles. The summed E-state index contributed by atoms with van der Waals surface area (Å²) >= 11 is 3.15. The monoisotopic (exact) mass is 203 g/mol. The van der Waals surface area contributed by atoms with Gasteiger partial charge < -0.3 is 10.9 Å². The fourth-order valence-corrected chi connectivity index (χ4v) is 1.96. The first-order valence-electron chi connectivity index (χ1n) is 3.21. The van der Waals surface area contributed by atoms with Crippen LogP contribution >= 0.6 is 23.1 Å². The van der Waals surface area contributed by atoms with E-state index in [-0.39, 0.29) is 5.84 Å². The maximum atomic E-state index is 8.29. The maximum Gasteiger partial charge on any atom is 0.149 e. The van der Waals surface area contributed by atoms with E-state index in [2.05, 4.69) is 10.1 Å². The lowest BCUT2D eigenvalue weighted by Crippen LogP contribution is -2.14. The lowest BCUT2D eigenvalue weighted by atomic mass is 10.3. The molecule has 0 saturated carbocycles. The molecule has 1 heterocycles. The van der Waals surface area contributed by atoms with E-state index in [1.54, 1.807) is 23.1 Å². The van der Waals surface area contributed by atoms with Crippen molar-refractivity contribution in [2.24, 2.45) is 10.9 Å². The quantitative estimate of drug-likeness (QED) is 0.254. The van der Waals surface area contributed by atoms with Gasteiger partial charge in [-0.3, -0.25) is 0 Å². The van der Waals surface area contributed by atoms with E-state index in [1.807, 2.05) is 11.6 Å². The van der Waals surface area contributed by atoms with E-state index in [0.29, 0.717) is 6.42 Å². The third-order valence-electron chi connectivity index (χ3n) is 1.20. The SMILES string of the molecule is CSc1nc(C/C(N)=N/O)cs1. The second-order valence-electron chi connectivity index (χ2n) is 2.08. The Balaban J connectivity index is 2.64. The molecule has 6 heteroatoms. The van der Waals surface area contributed by atoms with E-state index < -0.39 is 0 Å². The lowest BCUT2D eigenvalue weighted by Gasteiger charge is -1.91. The zero-order chi connectivity index (χ0) is 8.97. The lowest BCUT2D eigenvalue weighted by molar-refractivity contribution is 0.317. The van der Waals surface area contributed by atoms with Crippen molar-refractivity contribution in [3.8, 4) is 0 Å². The molecule has 0 spiro atoms. The maximum absolute atomic E-state index is 8.29. The number of nitrogens with two attached hydrogens (primary N) is 1. The average Bonchev–Trinajstić information content (AvgIpc) is 2.52. The Morgan fingerprint density at radius 3 is 3.17 bits per heavy atom. The average molecular weight is 203 g/mol. The normalized spacial score (nSPS) is 11.9. The summed E-state index contributed by atoms with van der Waals surface area (Å²) in [5, 5.41) is 13.1. The van der Waals surface area contributed by atoms with Crippen LogP contribution in [0.3, 0.4) is 0 Å². The molecule has 1 aromatic heterocycles. The fourth-order valence-electron chi connectivity index (χ4n) is 0.684. The van der Waals surface area contributed by atoms with Crippen LogP contribution in [-0.4, -0.2) is 22.3 Å². The molecule has 4 nitrogen and oxygen atoms in total. The molecule has 0 atom stereocenters. The van der Waals surface area contributed by atoms with Crippen LogP contribution in [0.1, 0.15) is 5.69 Å². The number of aromatic nitrogens is 1. The largest absolute Gasteiger partial charge is 0.409 e. The van der Waals surface area contributed by atoms with Gasteiger partial charge in [0.15, 0.2) is 0 Å². The highest BCUT2D eigenvalue weighted by Gasteiger charge is 2.02. The summed E-state index contributed by atoms with van der Waals surface area (Å²) in [7, 11) is 0. The van der Waals surface area contributed by atoms with Gasteiger partial charge in [-0.2, -0.15) is 0 Å². The molecule has 1 rings (SSSR count). The number of oxime groups is 1. The highest BCUT2D eigenvalue weighted by atomic mass is 32.2. The molecule has 12 heavy (non-hydrogen) atoms. The topological polar surface area (TPSA) is 71.5 Å². The Hall–Kier alpha value is -0.750. The van der Waals surface area contributed by atoms with Gasteiger partial charge in [-0.05, 0) is 6.26 Å². The molecule has 66 valence electrons. The Morgan fingerprint density at radius 2 is 2.67 bits per heavy atom. The first-order chi connectivity index (χ1) is 5.76. The van der Waals surface area contributed by atoms with Crippen LogP contribution < -0.4 is 5.73 Å². The Labute approximate surface area is 78.5 Å². The van der Waals surface area contributed by atoms with Crippen molar-refractivity contribution in [2.45, 2.75) is 10.8 Å². The van der Waals surface area contributed by atoms with Crippen LogP contribution in [0.25, 0.3) is 0 Å². The number of rotatable bonds is 3. The van der Waals surface area contributed by atoms with E-state index in [4.69, 9.17) is 10.9 Å². The van der Waals surface area contributed by atoms with Gasteiger partial charge in [0.05, 0.1) is 12.1 Å². The van der Waals surface area contributed by atoms with Crippen LogP contribution in [0.2, 0.25) is 0 Å². The van der Waals surface area contributed by atoms with Crippen LogP contribution in [-0.2, 0) is 6.42 Å².